The van der Waals surface area contributed by atoms with Crippen LogP contribution < -0.4 is 11.5 Å². The number of hydrogen-bond donors (Lipinski definition) is 2. The number of hydrogen-bond acceptors (Lipinski definition) is 4. The molecule has 5 nitrogen and oxygen atoms in total. The predicted molar refractivity (Wildman–Crippen MR) is 102 cm³/mol. The smallest absolute Gasteiger partial charge is 0.239 e. The summed E-state index contributed by atoms with van der Waals surface area (Å²) in [5, 5.41) is 0. The van der Waals surface area contributed by atoms with Gasteiger partial charge in [-0.1, -0.05) is 30.3 Å². The second-order valence-electron chi connectivity index (χ2n) is 7.85. The van der Waals surface area contributed by atoms with Crippen molar-refractivity contribution in [2.24, 2.45) is 16.5 Å². The lowest BCUT2D eigenvalue weighted by molar-refractivity contribution is -0.130. The molecule has 0 saturated heterocycles. The van der Waals surface area contributed by atoms with Gasteiger partial charge in [-0.2, -0.15) is 0 Å². The molecule has 0 spiro atoms. The fourth-order valence-electron chi connectivity index (χ4n) is 3.86. The maximum absolute atomic E-state index is 13.9. The van der Waals surface area contributed by atoms with Crippen LogP contribution in [0.3, 0.4) is 0 Å². The lowest BCUT2D eigenvalue weighted by Gasteiger charge is -2.41. The van der Waals surface area contributed by atoms with Crippen LogP contribution in [0.5, 0.6) is 0 Å². The Morgan fingerprint density at radius 2 is 1.68 bits per heavy atom. The Labute approximate surface area is 162 Å². The number of halogens is 2. The van der Waals surface area contributed by atoms with E-state index in [2.05, 4.69) is 4.99 Å². The van der Waals surface area contributed by atoms with E-state index in [4.69, 9.17) is 11.5 Å². The molecule has 0 bridgehead atoms. The van der Waals surface area contributed by atoms with Gasteiger partial charge in [-0.05, 0) is 48.6 Å². The van der Waals surface area contributed by atoms with Crippen LogP contribution in [0.1, 0.15) is 42.4 Å². The summed E-state index contributed by atoms with van der Waals surface area (Å²) in [6.45, 7) is 1.71. The number of aliphatic imine (C=N–C) groups is 1. The number of nitrogens with zero attached hydrogens (tertiary/aromatic N) is 2. The summed E-state index contributed by atoms with van der Waals surface area (Å²) in [6.07, 6.45) is 1.87. The number of rotatable bonds is 3. The second kappa shape index (κ2) is 6.10. The van der Waals surface area contributed by atoms with Crippen LogP contribution in [0.25, 0.3) is 0 Å². The molecule has 1 saturated carbocycles. The first-order chi connectivity index (χ1) is 13.2. The molecule has 2 aromatic rings. The fraction of sp³-hybridized carbons (Fsp3) is 0.333. The van der Waals surface area contributed by atoms with Gasteiger partial charge in [0, 0.05) is 12.6 Å². The number of likely N-dealkylation sites (N-methyl/N-ethyl adjacent to an activating group) is 1. The predicted octanol–water partition coefficient (Wildman–Crippen LogP) is 2.70. The molecule has 0 aromatic heterocycles. The average Bonchev–Trinajstić information content (AvgIpc) is 3.41. The van der Waals surface area contributed by atoms with Crippen LogP contribution in [0.15, 0.2) is 47.5 Å². The van der Waals surface area contributed by atoms with Crippen molar-refractivity contribution >= 4 is 11.9 Å². The third-order valence-corrected chi connectivity index (χ3v) is 5.94. The van der Waals surface area contributed by atoms with Crippen LogP contribution in [0, 0.1) is 11.6 Å². The second-order valence-corrected chi connectivity index (χ2v) is 7.85. The van der Waals surface area contributed by atoms with Gasteiger partial charge in [-0.15, -0.1) is 0 Å². The van der Waals surface area contributed by atoms with E-state index < -0.39 is 23.1 Å². The molecule has 1 aliphatic carbocycles. The Kier molecular flexibility index (Phi) is 4.04. The summed E-state index contributed by atoms with van der Waals surface area (Å²) in [6, 6.07) is 11.1. The van der Waals surface area contributed by atoms with Crippen molar-refractivity contribution in [2.75, 3.05) is 7.05 Å². The van der Waals surface area contributed by atoms with Crippen LogP contribution in [0.2, 0.25) is 0 Å². The number of carbonyl (C=O) groups is 1. The van der Waals surface area contributed by atoms with Gasteiger partial charge in [0.15, 0.2) is 17.6 Å². The number of nitrogens with two attached hydrogens (primary N) is 2. The summed E-state index contributed by atoms with van der Waals surface area (Å²) < 4.78 is 27.4. The first kappa shape index (κ1) is 18.6. The van der Waals surface area contributed by atoms with Crippen LogP contribution in [-0.4, -0.2) is 23.8 Å². The zero-order valence-corrected chi connectivity index (χ0v) is 15.7. The SMILES string of the molecule is CN1C(=O)[C@H](c2ccc(C3(N)CC3)cc2)[C@@](C)(c2ccc(F)c(F)c2)N=C1N. The summed E-state index contributed by atoms with van der Waals surface area (Å²) >= 11 is 0. The Balaban J connectivity index is 1.84. The highest BCUT2D eigenvalue weighted by Gasteiger charge is 2.48. The van der Waals surface area contributed by atoms with Crippen molar-refractivity contribution in [2.45, 2.75) is 36.8 Å². The Morgan fingerprint density at radius 1 is 1.07 bits per heavy atom. The highest BCUT2D eigenvalue weighted by Crippen LogP contribution is 2.46. The van der Waals surface area contributed by atoms with Gasteiger partial charge >= 0.3 is 0 Å². The van der Waals surface area contributed by atoms with Gasteiger partial charge in [-0.25, -0.2) is 13.8 Å². The van der Waals surface area contributed by atoms with Crippen molar-refractivity contribution in [3.63, 3.8) is 0 Å². The molecule has 1 aliphatic heterocycles. The number of amides is 1. The molecule has 2 aliphatic rings. The van der Waals surface area contributed by atoms with E-state index in [-0.39, 0.29) is 17.4 Å². The third kappa shape index (κ3) is 2.77. The lowest BCUT2D eigenvalue weighted by atomic mass is 9.74. The van der Waals surface area contributed by atoms with Gasteiger partial charge in [0.1, 0.15) is 5.54 Å². The minimum absolute atomic E-state index is 0.0315. The highest BCUT2D eigenvalue weighted by molar-refractivity contribution is 6.02. The molecule has 1 amide bonds. The van der Waals surface area contributed by atoms with E-state index in [1.54, 1.807) is 14.0 Å². The molecule has 7 heteroatoms. The minimum atomic E-state index is -1.18. The topological polar surface area (TPSA) is 84.7 Å². The molecular formula is C21H22F2N4O. The maximum Gasteiger partial charge on any atom is 0.239 e. The van der Waals surface area contributed by atoms with Crippen LogP contribution >= 0.6 is 0 Å². The quantitative estimate of drug-likeness (QED) is 0.853. The first-order valence-corrected chi connectivity index (χ1v) is 9.13. The summed E-state index contributed by atoms with van der Waals surface area (Å²) in [5.74, 6) is -2.92. The monoisotopic (exact) mass is 384 g/mol. The normalized spacial score (nSPS) is 26.2. The van der Waals surface area contributed by atoms with Crippen molar-refractivity contribution in [3.05, 3.63) is 70.8 Å². The summed E-state index contributed by atoms with van der Waals surface area (Å²) in [4.78, 5) is 18.9. The number of benzene rings is 2. The minimum Gasteiger partial charge on any atom is -0.369 e. The average molecular weight is 384 g/mol. The van der Waals surface area contributed by atoms with Crippen LogP contribution in [0.4, 0.5) is 8.78 Å². The van der Waals surface area contributed by atoms with E-state index in [9.17, 15) is 13.6 Å². The van der Waals surface area contributed by atoms with Gasteiger partial charge in [-0.3, -0.25) is 9.69 Å². The van der Waals surface area contributed by atoms with Gasteiger partial charge in [0.05, 0.1) is 5.92 Å². The first-order valence-electron chi connectivity index (χ1n) is 9.13. The van der Waals surface area contributed by atoms with E-state index in [1.807, 2.05) is 24.3 Å². The zero-order valence-electron chi connectivity index (χ0n) is 15.7. The lowest BCUT2D eigenvalue weighted by Crippen LogP contribution is -2.52. The molecule has 4 N–H and O–H groups in total. The third-order valence-electron chi connectivity index (χ3n) is 5.94. The van der Waals surface area contributed by atoms with E-state index in [1.165, 1.54) is 11.0 Å². The zero-order chi connectivity index (χ0) is 20.3. The van der Waals surface area contributed by atoms with E-state index >= 15 is 0 Å². The summed E-state index contributed by atoms with van der Waals surface area (Å²) in [7, 11) is 1.55. The molecule has 1 fully saturated rings. The summed E-state index contributed by atoms with van der Waals surface area (Å²) in [5.41, 5.74) is 12.9. The fourth-order valence-corrected chi connectivity index (χ4v) is 3.86. The molecule has 2 atom stereocenters. The number of guanidine groups is 1. The Hall–Kier alpha value is -2.80. The van der Waals surface area contributed by atoms with Crippen molar-refractivity contribution < 1.29 is 13.6 Å². The number of carbonyl (C=O) groups excluding carboxylic acids is 1. The Morgan fingerprint density at radius 3 is 2.25 bits per heavy atom. The van der Waals surface area contributed by atoms with Crippen LogP contribution in [-0.2, 0) is 15.9 Å². The van der Waals surface area contributed by atoms with Crippen molar-refractivity contribution in [3.8, 4) is 0 Å². The molecule has 0 unspecified atom stereocenters. The molecule has 2 aromatic carbocycles. The maximum atomic E-state index is 13.9. The van der Waals surface area contributed by atoms with E-state index in [0.29, 0.717) is 11.1 Å². The highest BCUT2D eigenvalue weighted by atomic mass is 19.2. The molecule has 146 valence electrons. The van der Waals surface area contributed by atoms with E-state index in [0.717, 1.165) is 30.5 Å². The van der Waals surface area contributed by atoms with Gasteiger partial charge < -0.3 is 11.5 Å². The van der Waals surface area contributed by atoms with Gasteiger partial charge in [0.25, 0.3) is 0 Å². The molecule has 1 heterocycles. The largest absolute Gasteiger partial charge is 0.369 e. The molecule has 4 rings (SSSR count). The molecular weight excluding hydrogens is 362 g/mol. The molecule has 0 radical (unpaired) electrons. The Bertz CT molecular complexity index is 984. The standard InChI is InChI=1S/C21H22F2N4O/c1-20(14-7-8-15(22)16(23)11-14)17(18(28)27(2)19(24)26-20)12-3-5-13(6-4-12)21(25)9-10-21/h3-8,11,17H,9-10,25H2,1-2H3,(H2,24,26)/t17-,20+/m0/s1. The van der Waals surface area contributed by atoms with Crippen molar-refractivity contribution in [1.82, 2.24) is 4.90 Å². The molecule has 28 heavy (non-hydrogen) atoms. The van der Waals surface area contributed by atoms with Crippen molar-refractivity contribution in [1.29, 1.82) is 0 Å². The van der Waals surface area contributed by atoms with Gasteiger partial charge in [0.2, 0.25) is 5.91 Å².